The summed E-state index contributed by atoms with van der Waals surface area (Å²) in [6.45, 7) is 7.23. The van der Waals surface area contributed by atoms with Crippen molar-refractivity contribution in [3.63, 3.8) is 0 Å². The Morgan fingerprint density at radius 2 is 1.82 bits per heavy atom. The molecule has 0 radical (unpaired) electrons. The monoisotopic (exact) mass is 235 g/mol. The van der Waals surface area contributed by atoms with Gasteiger partial charge in [-0.05, 0) is 30.5 Å². The van der Waals surface area contributed by atoms with Crippen LogP contribution in [0.25, 0.3) is 0 Å². The minimum atomic E-state index is 0.588. The topological polar surface area (TPSA) is 42.1 Å². The van der Waals surface area contributed by atoms with E-state index in [9.17, 15) is 0 Å². The lowest BCUT2D eigenvalue weighted by Gasteiger charge is -2.23. The maximum Gasteiger partial charge on any atom is 0.128 e. The number of anilines is 1. The van der Waals surface area contributed by atoms with Gasteiger partial charge < -0.3 is 10.6 Å². The molecule has 0 amide bonds. The predicted molar refractivity (Wildman–Crippen MR) is 74.2 cm³/mol. The molecule has 0 spiro atoms. The number of hydrogen-bond donors (Lipinski definition) is 1. The van der Waals surface area contributed by atoms with E-state index in [-0.39, 0.29) is 0 Å². The van der Waals surface area contributed by atoms with E-state index in [1.807, 2.05) is 12.3 Å². The lowest BCUT2D eigenvalue weighted by Crippen LogP contribution is -2.26. The first-order valence-electron chi connectivity index (χ1n) is 6.71. The summed E-state index contributed by atoms with van der Waals surface area (Å²) in [7, 11) is 0. The molecule has 17 heavy (non-hydrogen) atoms. The molecule has 1 rings (SSSR count). The molecule has 0 aliphatic heterocycles. The smallest absolute Gasteiger partial charge is 0.128 e. The van der Waals surface area contributed by atoms with Gasteiger partial charge in [-0.1, -0.05) is 26.7 Å². The van der Waals surface area contributed by atoms with E-state index in [1.54, 1.807) is 0 Å². The molecule has 1 heterocycles. The highest BCUT2D eigenvalue weighted by molar-refractivity contribution is 5.40. The van der Waals surface area contributed by atoms with Crippen LogP contribution in [0.2, 0.25) is 0 Å². The van der Waals surface area contributed by atoms with E-state index in [1.165, 1.54) is 25.7 Å². The van der Waals surface area contributed by atoms with Gasteiger partial charge >= 0.3 is 0 Å². The third-order valence-corrected chi connectivity index (χ3v) is 2.93. The Morgan fingerprint density at radius 1 is 1.18 bits per heavy atom. The van der Waals surface area contributed by atoms with E-state index < -0.39 is 0 Å². The molecule has 1 aromatic rings. The summed E-state index contributed by atoms with van der Waals surface area (Å²) >= 11 is 0. The Kier molecular flexibility index (Phi) is 6.63. The summed E-state index contributed by atoms with van der Waals surface area (Å²) < 4.78 is 0. The van der Waals surface area contributed by atoms with Crippen molar-refractivity contribution in [3.8, 4) is 0 Å². The van der Waals surface area contributed by atoms with Crippen LogP contribution in [-0.4, -0.2) is 18.1 Å². The number of nitrogens with two attached hydrogens (primary N) is 1. The number of rotatable bonds is 8. The summed E-state index contributed by atoms with van der Waals surface area (Å²) in [6, 6.07) is 4.10. The van der Waals surface area contributed by atoms with Gasteiger partial charge in [-0.2, -0.15) is 0 Å². The van der Waals surface area contributed by atoms with E-state index in [0.29, 0.717) is 6.54 Å². The highest BCUT2D eigenvalue weighted by Gasteiger charge is 2.07. The molecule has 1 aromatic heterocycles. The van der Waals surface area contributed by atoms with E-state index in [4.69, 9.17) is 5.73 Å². The second-order valence-electron chi connectivity index (χ2n) is 4.42. The number of nitrogens with zero attached hydrogens (tertiary/aromatic N) is 2. The molecule has 2 N–H and O–H groups in total. The van der Waals surface area contributed by atoms with Crippen molar-refractivity contribution in [1.82, 2.24) is 4.98 Å². The highest BCUT2D eigenvalue weighted by Crippen LogP contribution is 2.14. The third-order valence-electron chi connectivity index (χ3n) is 2.93. The minimum Gasteiger partial charge on any atom is -0.357 e. The fraction of sp³-hybridized carbons (Fsp3) is 0.643. The zero-order valence-electron chi connectivity index (χ0n) is 11.2. The number of aromatic nitrogens is 1. The summed E-state index contributed by atoms with van der Waals surface area (Å²) in [5.74, 6) is 1.08. The molecule has 0 fully saturated rings. The van der Waals surface area contributed by atoms with Crippen LogP contribution in [0.5, 0.6) is 0 Å². The Bertz CT molecular complexity index is 304. The molecule has 0 aliphatic carbocycles. The van der Waals surface area contributed by atoms with Crippen LogP contribution in [0.15, 0.2) is 18.3 Å². The van der Waals surface area contributed by atoms with Crippen LogP contribution in [0.3, 0.4) is 0 Å². The van der Waals surface area contributed by atoms with Gasteiger partial charge in [-0.25, -0.2) is 4.98 Å². The SMILES string of the molecule is CCCCN(CCCC)c1cc(CN)ccn1. The molecule has 0 unspecified atom stereocenters. The van der Waals surface area contributed by atoms with Gasteiger partial charge in [-0.3, -0.25) is 0 Å². The van der Waals surface area contributed by atoms with Gasteiger partial charge in [-0.15, -0.1) is 0 Å². The number of unbranched alkanes of at least 4 members (excludes halogenated alkanes) is 2. The van der Waals surface area contributed by atoms with Crippen LogP contribution in [0.4, 0.5) is 5.82 Å². The lowest BCUT2D eigenvalue weighted by molar-refractivity contribution is 0.671. The highest BCUT2D eigenvalue weighted by atomic mass is 15.2. The third kappa shape index (κ3) is 4.73. The zero-order chi connectivity index (χ0) is 12.5. The molecule has 0 saturated heterocycles. The molecule has 0 bridgehead atoms. The van der Waals surface area contributed by atoms with Crippen LogP contribution in [0.1, 0.15) is 45.1 Å². The zero-order valence-corrected chi connectivity index (χ0v) is 11.2. The predicted octanol–water partition coefficient (Wildman–Crippen LogP) is 2.95. The van der Waals surface area contributed by atoms with Gasteiger partial charge in [0.25, 0.3) is 0 Å². The first-order chi connectivity index (χ1) is 8.31. The van der Waals surface area contributed by atoms with Crippen molar-refractivity contribution in [2.45, 2.75) is 46.1 Å². The largest absolute Gasteiger partial charge is 0.357 e. The van der Waals surface area contributed by atoms with E-state index in [0.717, 1.165) is 24.5 Å². The quantitative estimate of drug-likeness (QED) is 0.753. The Labute approximate surface area is 105 Å². The molecular weight excluding hydrogens is 210 g/mol. The molecular formula is C14H25N3. The van der Waals surface area contributed by atoms with E-state index in [2.05, 4.69) is 29.8 Å². The Morgan fingerprint density at radius 3 is 2.35 bits per heavy atom. The van der Waals surface area contributed by atoms with Gasteiger partial charge in [0.2, 0.25) is 0 Å². The fourth-order valence-electron chi connectivity index (χ4n) is 1.80. The lowest BCUT2D eigenvalue weighted by atomic mass is 10.2. The van der Waals surface area contributed by atoms with Crippen molar-refractivity contribution in [3.05, 3.63) is 23.9 Å². The number of pyridine rings is 1. The standard InChI is InChI=1S/C14H25N3/c1-3-5-9-17(10-6-4-2)14-11-13(12-15)7-8-16-14/h7-8,11H,3-6,9-10,12,15H2,1-2H3. The van der Waals surface area contributed by atoms with Gasteiger partial charge in [0.05, 0.1) is 0 Å². The normalized spacial score (nSPS) is 10.5. The number of hydrogen-bond acceptors (Lipinski definition) is 3. The molecule has 0 atom stereocenters. The first kappa shape index (κ1) is 14.0. The van der Waals surface area contributed by atoms with Crippen LogP contribution < -0.4 is 10.6 Å². The second kappa shape index (κ2) is 8.07. The van der Waals surface area contributed by atoms with Gasteiger partial charge in [0, 0.05) is 25.8 Å². The molecule has 3 nitrogen and oxygen atoms in total. The first-order valence-corrected chi connectivity index (χ1v) is 6.71. The van der Waals surface area contributed by atoms with Gasteiger partial charge in [0.1, 0.15) is 5.82 Å². The maximum absolute atomic E-state index is 5.67. The minimum absolute atomic E-state index is 0.588. The van der Waals surface area contributed by atoms with Crippen molar-refractivity contribution in [2.24, 2.45) is 5.73 Å². The molecule has 0 aliphatic rings. The average Bonchev–Trinajstić information content (AvgIpc) is 2.39. The molecule has 0 aromatic carbocycles. The van der Waals surface area contributed by atoms with Crippen LogP contribution in [0, 0.1) is 0 Å². The van der Waals surface area contributed by atoms with Gasteiger partial charge in [0.15, 0.2) is 0 Å². The Balaban J connectivity index is 2.71. The van der Waals surface area contributed by atoms with Crippen molar-refractivity contribution in [1.29, 1.82) is 0 Å². The van der Waals surface area contributed by atoms with Crippen molar-refractivity contribution in [2.75, 3.05) is 18.0 Å². The van der Waals surface area contributed by atoms with Crippen LogP contribution in [-0.2, 0) is 6.54 Å². The van der Waals surface area contributed by atoms with Crippen LogP contribution >= 0.6 is 0 Å². The Hall–Kier alpha value is -1.09. The van der Waals surface area contributed by atoms with Crippen molar-refractivity contribution >= 4 is 5.82 Å². The summed E-state index contributed by atoms with van der Waals surface area (Å²) in [5.41, 5.74) is 6.83. The summed E-state index contributed by atoms with van der Waals surface area (Å²) in [5, 5.41) is 0. The second-order valence-corrected chi connectivity index (χ2v) is 4.42. The maximum atomic E-state index is 5.67. The molecule has 96 valence electrons. The van der Waals surface area contributed by atoms with Crippen molar-refractivity contribution < 1.29 is 0 Å². The summed E-state index contributed by atoms with van der Waals surface area (Å²) in [4.78, 5) is 6.84. The summed E-state index contributed by atoms with van der Waals surface area (Å²) in [6.07, 6.45) is 6.75. The van der Waals surface area contributed by atoms with E-state index >= 15 is 0 Å². The fourth-order valence-corrected chi connectivity index (χ4v) is 1.80. The molecule has 3 heteroatoms. The average molecular weight is 235 g/mol. The molecule has 0 saturated carbocycles.